The van der Waals surface area contributed by atoms with Crippen LogP contribution in [0, 0.1) is 6.92 Å². The molecule has 0 bridgehead atoms. The smallest absolute Gasteiger partial charge is 0.252 e. The molecule has 0 saturated heterocycles. The van der Waals surface area contributed by atoms with Gasteiger partial charge in [-0.15, -0.1) is 0 Å². The molecule has 0 radical (unpaired) electrons. The molecular formula is C17H25N3O. The molecule has 0 amide bonds. The summed E-state index contributed by atoms with van der Waals surface area (Å²) in [5.41, 5.74) is 2.90. The molecule has 0 aliphatic heterocycles. The highest BCUT2D eigenvalue weighted by Crippen LogP contribution is 2.12. The lowest BCUT2D eigenvalue weighted by atomic mass is 10.1. The Balaban J connectivity index is 2.01. The van der Waals surface area contributed by atoms with Crippen LogP contribution in [0.15, 0.2) is 29.1 Å². The van der Waals surface area contributed by atoms with Crippen molar-refractivity contribution in [2.75, 3.05) is 26.2 Å². The number of likely N-dealkylation sites (N-methyl/N-ethyl adjacent to an activating group) is 1. The van der Waals surface area contributed by atoms with Gasteiger partial charge < -0.3 is 15.2 Å². The maximum atomic E-state index is 12.1. The summed E-state index contributed by atoms with van der Waals surface area (Å²) in [7, 11) is 0. The van der Waals surface area contributed by atoms with Crippen molar-refractivity contribution >= 4 is 10.9 Å². The molecule has 0 atom stereocenters. The Morgan fingerprint density at radius 1 is 1.19 bits per heavy atom. The van der Waals surface area contributed by atoms with Crippen molar-refractivity contribution in [2.24, 2.45) is 0 Å². The van der Waals surface area contributed by atoms with Gasteiger partial charge >= 0.3 is 0 Å². The van der Waals surface area contributed by atoms with Crippen LogP contribution in [0.4, 0.5) is 0 Å². The zero-order valence-corrected chi connectivity index (χ0v) is 13.2. The summed E-state index contributed by atoms with van der Waals surface area (Å²) in [6, 6.07) is 8.07. The number of nitrogens with one attached hydrogen (secondary N) is 2. The van der Waals surface area contributed by atoms with Crippen LogP contribution < -0.4 is 10.9 Å². The molecule has 0 unspecified atom stereocenters. The van der Waals surface area contributed by atoms with Crippen LogP contribution in [0.1, 0.15) is 25.0 Å². The molecule has 2 rings (SSSR count). The van der Waals surface area contributed by atoms with E-state index in [2.05, 4.69) is 42.0 Å². The lowest BCUT2D eigenvalue weighted by molar-refractivity contribution is 0.302. The van der Waals surface area contributed by atoms with E-state index in [1.165, 1.54) is 5.56 Å². The van der Waals surface area contributed by atoms with Gasteiger partial charge in [-0.2, -0.15) is 0 Å². The monoisotopic (exact) mass is 287 g/mol. The number of aromatic nitrogens is 1. The third-order valence-corrected chi connectivity index (χ3v) is 3.89. The standard InChI is InChI=1S/C17H25N3O/c1-4-20(5-2)9-8-18-12-15-11-14-10-13(3)6-7-16(14)19-17(15)21/h6-7,10-11,18H,4-5,8-9,12H2,1-3H3,(H,19,21). The Kier molecular flexibility index (Phi) is 5.53. The van der Waals surface area contributed by atoms with E-state index in [0.717, 1.165) is 42.6 Å². The minimum Gasteiger partial charge on any atom is -0.322 e. The van der Waals surface area contributed by atoms with E-state index < -0.39 is 0 Å². The predicted octanol–water partition coefficient (Wildman–Crippen LogP) is 2.27. The van der Waals surface area contributed by atoms with Crippen LogP contribution in [-0.4, -0.2) is 36.1 Å². The summed E-state index contributed by atoms with van der Waals surface area (Å²) < 4.78 is 0. The second-order valence-corrected chi connectivity index (χ2v) is 5.42. The molecule has 1 heterocycles. The summed E-state index contributed by atoms with van der Waals surface area (Å²) in [5, 5.41) is 4.45. The quantitative estimate of drug-likeness (QED) is 0.768. The van der Waals surface area contributed by atoms with Crippen molar-refractivity contribution in [2.45, 2.75) is 27.3 Å². The van der Waals surface area contributed by atoms with E-state index in [1.807, 2.05) is 18.2 Å². The van der Waals surface area contributed by atoms with Gasteiger partial charge in [0, 0.05) is 30.7 Å². The van der Waals surface area contributed by atoms with Crippen LogP contribution in [0.25, 0.3) is 10.9 Å². The molecule has 0 spiro atoms. The Hall–Kier alpha value is -1.65. The zero-order chi connectivity index (χ0) is 15.2. The molecule has 1 aromatic carbocycles. The zero-order valence-electron chi connectivity index (χ0n) is 13.2. The minimum absolute atomic E-state index is 0.00157. The van der Waals surface area contributed by atoms with Gasteiger partial charge in [0.2, 0.25) is 0 Å². The fourth-order valence-electron chi connectivity index (χ4n) is 2.50. The van der Waals surface area contributed by atoms with Crippen molar-refractivity contribution < 1.29 is 0 Å². The van der Waals surface area contributed by atoms with Gasteiger partial charge in [-0.05, 0) is 43.6 Å². The predicted molar refractivity (Wildman–Crippen MR) is 88.8 cm³/mol. The molecule has 114 valence electrons. The molecule has 2 N–H and O–H groups in total. The van der Waals surface area contributed by atoms with E-state index in [1.54, 1.807) is 0 Å². The fourth-order valence-corrected chi connectivity index (χ4v) is 2.50. The lowest BCUT2D eigenvalue weighted by Crippen LogP contribution is -2.32. The summed E-state index contributed by atoms with van der Waals surface area (Å²) >= 11 is 0. The van der Waals surface area contributed by atoms with E-state index >= 15 is 0 Å². The number of fused-ring (bicyclic) bond motifs is 1. The average molecular weight is 287 g/mol. The number of benzene rings is 1. The number of H-pyrrole nitrogens is 1. The van der Waals surface area contributed by atoms with Gasteiger partial charge in [-0.25, -0.2) is 0 Å². The molecule has 2 aromatic rings. The van der Waals surface area contributed by atoms with E-state index in [9.17, 15) is 4.79 Å². The van der Waals surface area contributed by atoms with Crippen molar-refractivity contribution in [3.05, 3.63) is 45.7 Å². The number of hydrogen-bond acceptors (Lipinski definition) is 3. The molecule has 21 heavy (non-hydrogen) atoms. The van der Waals surface area contributed by atoms with Gasteiger partial charge in [-0.3, -0.25) is 4.79 Å². The first kappa shape index (κ1) is 15.7. The third kappa shape index (κ3) is 4.16. The number of rotatable bonds is 7. The normalized spacial score (nSPS) is 11.4. The second kappa shape index (κ2) is 7.38. The van der Waals surface area contributed by atoms with Crippen LogP contribution in [-0.2, 0) is 6.54 Å². The Morgan fingerprint density at radius 3 is 2.67 bits per heavy atom. The van der Waals surface area contributed by atoms with Crippen LogP contribution in [0.5, 0.6) is 0 Å². The van der Waals surface area contributed by atoms with Gasteiger partial charge in [0.15, 0.2) is 0 Å². The van der Waals surface area contributed by atoms with Gasteiger partial charge in [0.25, 0.3) is 5.56 Å². The second-order valence-electron chi connectivity index (χ2n) is 5.42. The van der Waals surface area contributed by atoms with E-state index in [0.29, 0.717) is 6.54 Å². The molecule has 0 aliphatic carbocycles. The minimum atomic E-state index is 0.00157. The Labute approximate surface area is 126 Å². The van der Waals surface area contributed by atoms with Gasteiger partial charge in [-0.1, -0.05) is 25.5 Å². The number of nitrogens with zero attached hydrogens (tertiary/aromatic N) is 1. The highest BCUT2D eigenvalue weighted by molar-refractivity contribution is 5.79. The number of aromatic amines is 1. The van der Waals surface area contributed by atoms with E-state index in [-0.39, 0.29) is 5.56 Å². The summed E-state index contributed by atoms with van der Waals surface area (Å²) in [6.07, 6.45) is 0. The molecule has 0 fully saturated rings. The molecule has 4 nitrogen and oxygen atoms in total. The van der Waals surface area contributed by atoms with Crippen molar-refractivity contribution in [3.63, 3.8) is 0 Å². The Bertz CT molecular complexity index is 644. The largest absolute Gasteiger partial charge is 0.322 e. The lowest BCUT2D eigenvalue weighted by Gasteiger charge is -2.17. The van der Waals surface area contributed by atoms with Gasteiger partial charge in [0.05, 0.1) is 0 Å². The van der Waals surface area contributed by atoms with Crippen molar-refractivity contribution in [1.29, 1.82) is 0 Å². The SMILES string of the molecule is CCN(CC)CCNCc1cc2cc(C)ccc2[nH]c1=O. The maximum absolute atomic E-state index is 12.1. The van der Waals surface area contributed by atoms with Crippen molar-refractivity contribution in [3.8, 4) is 0 Å². The fraction of sp³-hybridized carbons (Fsp3) is 0.471. The van der Waals surface area contributed by atoms with Crippen LogP contribution >= 0.6 is 0 Å². The highest BCUT2D eigenvalue weighted by atomic mass is 16.1. The first-order chi connectivity index (χ1) is 10.1. The molecule has 0 aliphatic rings. The number of aryl methyl sites for hydroxylation is 1. The first-order valence-electron chi connectivity index (χ1n) is 7.69. The highest BCUT2D eigenvalue weighted by Gasteiger charge is 2.04. The van der Waals surface area contributed by atoms with E-state index in [4.69, 9.17) is 0 Å². The summed E-state index contributed by atoms with van der Waals surface area (Å²) in [5.74, 6) is 0. The number of hydrogen-bond donors (Lipinski definition) is 2. The average Bonchev–Trinajstić information content (AvgIpc) is 2.48. The molecule has 4 heteroatoms. The first-order valence-corrected chi connectivity index (χ1v) is 7.69. The summed E-state index contributed by atoms with van der Waals surface area (Å²) in [6.45, 7) is 11.0. The molecule has 0 saturated carbocycles. The van der Waals surface area contributed by atoms with Crippen molar-refractivity contribution in [1.82, 2.24) is 15.2 Å². The van der Waals surface area contributed by atoms with Gasteiger partial charge in [0.1, 0.15) is 0 Å². The van der Waals surface area contributed by atoms with Crippen LogP contribution in [0.2, 0.25) is 0 Å². The summed E-state index contributed by atoms with van der Waals surface area (Å²) in [4.78, 5) is 17.4. The van der Waals surface area contributed by atoms with Crippen LogP contribution in [0.3, 0.4) is 0 Å². The third-order valence-electron chi connectivity index (χ3n) is 3.89. The topological polar surface area (TPSA) is 48.1 Å². The Morgan fingerprint density at radius 2 is 1.95 bits per heavy atom. The number of pyridine rings is 1. The molecule has 1 aromatic heterocycles. The molecular weight excluding hydrogens is 262 g/mol. The maximum Gasteiger partial charge on any atom is 0.252 e.